The van der Waals surface area contributed by atoms with E-state index >= 15 is 0 Å². The molecule has 0 aliphatic heterocycles. The Morgan fingerprint density at radius 3 is 1.40 bits per heavy atom. The van der Waals surface area contributed by atoms with E-state index in [1.54, 1.807) is 0 Å². The van der Waals surface area contributed by atoms with Gasteiger partial charge in [0.1, 0.15) is 0 Å². The third-order valence-electron chi connectivity index (χ3n) is 0.600. The summed E-state index contributed by atoms with van der Waals surface area (Å²) in [5.41, 5.74) is 4.15. The Balaban J connectivity index is 0. The van der Waals surface area contributed by atoms with Crippen molar-refractivity contribution in [3.8, 4) is 6.19 Å². The second-order valence-corrected chi connectivity index (χ2v) is 3.41. The summed E-state index contributed by atoms with van der Waals surface area (Å²) in [6, 6.07) is 0. The molecule has 0 radical (unpaired) electrons. The minimum absolute atomic E-state index is 0.0810. The van der Waals surface area contributed by atoms with Crippen LogP contribution in [-0.4, -0.2) is 34.4 Å². The first-order valence-corrected chi connectivity index (χ1v) is 4.31. The van der Waals surface area contributed by atoms with Crippen molar-refractivity contribution in [3.63, 3.8) is 0 Å². The third kappa shape index (κ3) is 10.6. The average Bonchev–Trinajstić information content (AvgIpc) is 1.93. The highest BCUT2D eigenvalue weighted by Crippen LogP contribution is 2.29. The fraction of sp³-hybridized carbons (Fsp3) is 0.750. The number of rotatable bonds is 3. The zero-order valence-electron chi connectivity index (χ0n) is 5.43. The predicted octanol–water partition coefficient (Wildman–Crippen LogP) is -1.26. The number of nitrogens with two attached hydrogens (primary N) is 1. The van der Waals surface area contributed by atoms with Gasteiger partial charge in [-0.2, -0.15) is 5.26 Å². The van der Waals surface area contributed by atoms with Crippen LogP contribution in [0.25, 0.3) is 0 Å². The molecule has 5 N–H and O–H groups in total. The van der Waals surface area contributed by atoms with Crippen molar-refractivity contribution in [2.75, 3.05) is 19.0 Å². The standard InChI is InChI=1S/C3H9O3P.CH2N2/c4-1-7(2-5)3-6;2-1-3/h4-6H,1-3H2;2H2. The van der Waals surface area contributed by atoms with Gasteiger partial charge in [0.25, 0.3) is 0 Å². The highest BCUT2D eigenvalue weighted by Gasteiger charge is 1.98. The summed E-state index contributed by atoms with van der Waals surface area (Å²) in [7, 11) is -0.887. The second-order valence-electron chi connectivity index (χ2n) is 1.22. The van der Waals surface area contributed by atoms with Gasteiger partial charge in [-0.1, -0.05) is 0 Å². The molecule has 0 unspecified atom stereocenters. The van der Waals surface area contributed by atoms with Crippen molar-refractivity contribution in [2.45, 2.75) is 0 Å². The van der Waals surface area contributed by atoms with Crippen LogP contribution in [0.2, 0.25) is 0 Å². The molecule has 0 spiro atoms. The Labute approximate surface area is 60.5 Å². The summed E-state index contributed by atoms with van der Waals surface area (Å²) in [5, 5.41) is 31.8. The first-order chi connectivity index (χ1) is 4.76. The normalized spacial score (nSPS) is 7.90. The van der Waals surface area contributed by atoms with Gasteiger partial charge in [-0.15, -0.1) is 0 Å². The minimum atomic E-state index is -0.887. The molecular formula is C4H11N2O3P. The van der Waals surface area contributed by atoms with Crippen LogP contribution in [-0.2, 0) is 0 Å². The Morgan fingerprint density at radius 1 is 1.20 bits per heavy atom. The molecule has 0 bridgehead atoms. The van der Waals surface area contributed by atoms with Gasteiger partial charge < -0.3 is 21.1 Å². The number of aliphatic hydroxyl groups excluding tert-OH is 3. The molecule has 0 saturated heterocycles. The molecule has 0 aromatic heterocycles. The van der Waals surface area contributed by atoms with Crippen molar-refractivity contribution in [3.05, 3.63) is 0 Å². The van der Waals surface area contributed by atoms with E-state index in [9.17, 15) is 0 Å². The van der Waals surface area contributed by atoms with E-state index in [-0.39, 0.29) is 19.0 Å². The molecule has 0 amide bonds. The maximum Gasteiger partial charge on any atom is 0.173 e. The average molecular weight is 166 g/mol. The molecule has 0 aromatic carbocycles. The lowest BCUT2D eigenvalue weighted by Crippen LogP contribution is -1.91. The smallest absolute Gasteiger partial charge is 0.173 e. The second kappa shape index (κ2) is 11.4. The Morgan fingerprint density at radius 2 is 1.40 bits per heavy atom. The van der Waals surface area contributed by atoms with E-state index in [2.05, 4.69) is 5.73 Å². The molecule has 0 heterocycles. The first kappa shape index (κ1) is 12.3. The lowest BCUT2D eigenvalue weighted by Gasteiger charge is -2.03. The van der Waals surface area contributed by atoms with Gasteiger partial charge >= 0.3 is 0 Å². The third-order valence-corrected chi connectivity index (χ3v) is 1.80. The van der Waals surface area contributed by atoms with Gasteiger partial charge in [0.05, 0.1) is 19.0 Å². The number of hydrogen-bond acceptors (Lipinski definition) is 5. The highest BCUT2D eigenvalue weighted by molar-refractivity contribution is 7.56. The van der Waals surface area contributed by atoms with Gasteiger partial charge in [0, 0.05) is 0 Å². The van der Waals surface area contributed by atoms with Crippen LogP contribution in [0, 0.1) is 11.5 Å². The molecule has 0 rings (SSSR count). The van der Waals surface area contributed by atoms with E-state index in [1.165, 1.54) is 6.19 Å². The molecule has 0 atom stereocenters. The van der Waals surface area contributed by atoms with Crippen molar-refractivity contribution in [2.24, 2.45) is 5.73 Å². The maximum atomic E-state index is 8.23. The lowest BCUT2D eigenvalue weighted by molar-refractivity contribution is 0.319. The largest absolute Gasteiger partial charge is 0.392 e. The molecule has 60 valence electrons. The molecule has 0 saturated carbocycles. The zero-order valence-corrected chi connectivity index (χ0v) is 6.33. The van der Waals surface area contributed by atoms with Crippen LogP contribution in [0.1, 0.15) is 0 Å². The maximum absolute atomic E-state index is 8.23. The van der Waals surface area contributed by atoms with Crippen LogP contribution in [0.3, 0.4) is 0 Å². The van der Waals surface area contributed by atoms with Crippen LogP contribution in [0.4, 0.5) is 0 Å². The lowest BCUT2D eigenvalue weighted by atomic mass is 11.5. The van der Waals surface area contributed by atoms with Crippen LogP contribution < -0.4 is 5.73 Å². The van der Waals surface area contributed by atoms with Gasteiger partial charge in [-0.05, 0) is 7.92 Å². The molecule has 0 aliphatic carbocycles. The molecule has 0 fully saturated rings. The minimum Gasteiger partial charge on any atom is -0.392 e. The van der Waals surface area contributed by atoms with Gasteiger partial charge in [0.2, 0.25) is 0 Å². The zero-order chi connectivity index (χ0) is 8.41. The molecular weight excluding hydrogens is 155 g/mol. The van der Waals surface area contributed by atoms with E-state index in [0.29, 0.717) is 0 Å². The quantitative estimate of drug-likeness (QED) is 0.238. The summed E-state index contributed by atoms with van der Waals surface area (Å²) in [4.78, 5) is 0. The summed E-state index contributed by atoms with van der Waals surface area (Å²) < 4.78 is 0. The molecule has 6 heteroatoms. The predicted molar refractivity (Wildman–Crippen MR) is 38.0 cm³/mol. The first-order valence-electron chi connectivity index (χ1n) is 2.41. The van der Waals surface area contributed by atoms with Crippen molar-refractivity contribution < 1.29 is 15.3 Å². The van der Waals surface area contributed by atoms with E-state index in [0.717, 1.165) is 0 Å². The molecule has 0 aliphatic rings. The summed E-state index contributed by atoms with van der Waals surface area (Å²) in [5.74, 6) is 0. The summed E-state index contributed by atoms with van der Waals surface area (Å²) >= 11 is 0. The van der Waals surface area contributed by atoms with E-state index in [1.807, 2.05) is 0 Å². The van der Waals surface area contributed by atoms with E-state index < -0.39 is 7.92 Å². The van der Waals surface area contributed by atoms with Gasteiger partial charge in [-0.25, -0.2) is 0 Å². The molecule has 0 aromatic rings. The Hall–Kier alpha value is -0.400. The summed E-state index contributed by atoms with van der Waals surface area (Å²) in [6.07, 6.45) is 1.01. The fourth-order valence-electron chi connectivity index (χ4n) is 0.134. The van der Waals surface area contributed by atoms with Crippen molar-refractivity contribution in [1.82, 2.24) is 0 Å². The Bertz CT molecular complexity index is 85.5. The molecule has 5 nitrogen and oxygen atoms in total. The number of nitriles is 1. The van der Waals surface area contributed by atoms with Crippen molar-refractivity contribution >= 4 is 7.92 Å². The monoisotopic (exact) mass is 166 g/mol. The van der Waals surface area contributed by atoms with Crippen molar-refractivity contribution in [1.29, 1.82) is 5.26 Å². The fourth-order valence-corrected chi connectivity index (χ4v) is 0.402. The van der Waals surface area contributed by atoms with Crippen LogP contribution >= 0.6 is 7.92 Å². The van der Waals surface area contributed by atoms with Gasteiger partial charge in [0.15, 0.2) is 6.19 Å². The topological polar surface area (TPSA) is 111 Å². The highest BCUT2D eigenvalue weighted by atomic mass is 31.1. The number of hydrogen-bond donors (Lipinski definition) is 4. The number of nitrogens with zero attached hydrogens (tertiary/aromatic N) is 1. The summed E-state index contributed by atoms with van der Waals surface area (Å²) in [6.45, 7) is 0. The Kier molecular flexibility index (Phi) is 14.0. The SMILES string of the molecule is N#CN.OCP(CO)CO. The van der Waals surface area contributed by atoms with Crippen LogP contribution in [0.5, 0.6) is 0 Å². The van der Waals surface area contributed by atoms with Crippen LogP contribution in [0.15, 0.2) is 0 Å². The van der Waals surface area contributed by atoms with E-state index in [4.69, 9.17) is 20.6 Å². The van der Waals surface area contributed by atoms with Gasteiger partial charge in [-0.3, -0.25) is 0 Å². The number of aliphatic hydroxyl groups is 3. The molecule has 10 heavy (non-hydrogen) atoms.